The topological polar surface area (TPSA) is 26.3 Å². The van der Waals surface area contributed by atoms with Crippen LogP contribution in [0.5, 0.6) is 5.75 Å². The molecule has 0 bridgehead atoms. The van der Waals surface area contributed by atoms with E-state index in [0.717, 1.165) is 10.0 Å². The normalized spacial score (nSPS) is 9.95. The molecule has 0 aliphatic rings. The van der Waals surface area contributed by atoms with Gasteiger partial charge < -0.3 is 4.74 Å². The Morgan fingerprint density at radius 3 is 2.58 bits per heavy atom. The van der Waals surface area contributed by atoms with Gasteiger partial charge in [-0.05, 0) is 45.8 Å². The molecule has 0 spiro atoms. The lowest BCUT2D eigenvalue weighted by Crippen LogP contribution is -1.98. The van der Waals surface area contributed by atoms with Crippen LogP contribution in [0.2, 0.25) is 0 Å². The molecule has 0 aliphatic heterocycles. The molecule has 3 heteroatoms. The van der Waals surface area contributed by atoms with Crippen LogP contribution in [0.15, 0.2) is 65.7 Å². The highest BCUT2D eigenvalue weighted by Gasteiger charge is 2.06. The van der Waals surface area contributed by atoms with E-state index in [2.05, 4.69) is 22.5 Å². The minimum Gasteiger partial charge on any atom is -0.488 e. The Morgan fingerprint density at radius 2 is 1.95 bits per heavy atom. The largest absolute Gasteiger partial charge is 0.488 e. The van der Waals surface area contributed by atoms with Gasteiger partial charge in [0.2, 0.25) is 0 Å². The lowest BCUT2D eigenvalue weighted by Gasteiger charge is -2.09. The Hall–Kier alpha value is -1.87. The number of ketones is 1. The van der Waals surface area contributed by atoms with E-state index < -0.39 is 0 Å². The van der Waals surface area contributed by atoms with Crippen molar-refractivity contribution in [1.82, 2.24) is 0 Å². The number of rotatable bonds is 5. The maximum Gasteiger partial charge on any atom is 0.185 e. The van der Waals surface area contributed by atoms with E-state index in [-0.39, 0.29) is 5.78 Å². The van der Waals surface area contributed by atoms with Crippen molar-refractivity contribution >= 4 is 21.7 Å². The van der Waals surface area contributed by atoms with E-state index in [1.807, 2.05) is 30.3 Å². The van der Waals surface area contributed by atoms with Crippen molar-refractivity contribution in [3.05, 3.63) is 76.8 Å². The van der Waals surface area contributed by atoms with Gasteiger partial charge in [0.05, 0.1) is 4.47 Å². The molecule has 0 unspecified atom stereocenters. The number of allylic oxidation sites excluding steroid dienone is 1. The Balaban J connectivity index is 2.09. The number of benzene rings is 2. The predicted octanol–water partition coefficient (Wildman–Crippen LogP) is 4.40. The first-order valence-corrected chi connectivity index (χ1v) is 6.63. The van der Waals surface area contributed by atoms with Crippen molar-refractivity contribution in [3.63, 3.8) is 0 Å². The average Bonchev–Trinajstić information content (AvgIpc) is 2.46. The first-order valence-electron chi connectivity index (χ1n) is 5.84. The molecule has 0 amide bonds. The van der Waals surface area contributed by atoms with Crippen molar-refractivity contribution in [3.8, 4) is 5.75 Å². The standard InChI is InChI=1S/C16H13BrO2/c1-2-15(18)13-8-9-16(14(17)10-13)19-11-12-6-4-3-5-7-12/h2-10H,1,11H2. The SMILES string of the molecule is C=CC(=O)c1ccc(OCc2ccccc2)c(Br)c1. The summed E-state index contributed by atoms with van der Waals surface area (Å²) in [5.74, 6) is 0.611. The molecule has 96 valence electrons. The second-order valence-corrected chi connectivity index (χ2v) is 4.84. The fraction of sp³-hybridized carbons (Fsp3) is 0.0625. The predicted molar refractivity (Wildman–Crippen MR) is 79.4 cm³/mol. The Labute approximate surface area is 120 Å². The molecule has 2 rings (SSSR count). The quantitative estimate of drug-likeness (QED) is 0.603. The van der Waals surface area contributed by atoms with Gasteiger partial charge in [-0.3, -0.25) is 4.79 Å². The van der Waals surface area contributed by atoms with Crippen LogP contribution in [0.25, 0.3) is 0 Å². The molecule has 19 heavy (non-hydrogen) atoms. The number of hydrogen-bond donors (Lipinski definition) is 0. The van der Waals surface area contributed by atoms with Crippen LogP contribution in [0.1, 0.15) is 15.9 Å². The van der Waals surface area contributed by atoms with Gasteiger partial charge in [0.15, 0.2) is 5.78 Å². The summed E-state index contributed by atoms with van der Waals surface area (Å²) in [5.41, 5.74) is 1.69. The van der Waals surface area contributed by atoms with Crippen LogP contribution in [0.4, 0.5) is 0 Å². The van der Waals surface area contributed by atoms with Gasteiger partial charge in [0.1, 0.15) is 12.4 Å². The first kappa shape index (κ1) is 13.6. The second-order valence-electron chi connectivity index (χ2n) is 3.99. The summed E-state index contributed by atoms with van der Waals surface area (Å²) in [6, 6.07) is 15.2. The van der Waals surface area contributed by atoms with Crippen molar-refractivity contribution in [1.29, 1.82) is 0 Å². The van der Waals surface area contributed by atoms with E-state index in [0.29, 0.717) is 17.9 Å². The van der Waals surface area contributed by atoms with Crippen molar-refractivity contribution in [2.45, 2.75) is 6.61 Å². The Morgan fingerprint density at radius 1 is 1.21 bits per heavy atom. The molecule has 0 aliphatic carbocycles. The molecule has 0 atom stereocenters. The molecule has 0 saturated carbocycles. The Bertz CT molecular complexity index is 591. The number of carbonyl (C=O) groups excluding carboxylic acids is 1. The zero-order valence-corrected chi connectivity index (χ0v) is 11.9. The molecule has 0 N–H and O–H groups in total. The van der Waals surface area contributed by atoms with E-state index in [4.69, 9.17) is 4.74 Å². The molecular weight excluding hydrogens is 304 g/mol. The van der Waals surface area contributed by atoms with Gasteiger partial charge >= 0.3 is 0 Å². The molecular formula is C16H13BrO2. The zero-order valence-electron chi connectivity index (χ0n) is 10.3. The monoisotopic (exact) mass is 316 g/mol. The van der Waals surface area contributed by atoms with Gasteiger partial charge in [-0.1, -0.05) is 36.9 Å². The van der Waals surface area contributed by atoms with Gasteiger partial charge in [0.25, 0.3) is 0 Å². The minimum atomic E-state index is -0.102. The van der Waals surface area contributed by atoms with Gasteiger partial charge in [-0.15, -0.1) is 0 Å². The molecule has 0 fully saturated rings. The maximum absolute atomic E-state index is 11.5. The minimum absolute atomic E-state index is 0.102. The molecule has 0 heterocycles. The molecule has 2 nitrogen and oxygen atoms in total. The number of carbonyl (C=O) groups is 1. The van der Waals surface area contributed by atoms with Gasteiger partial charge in [-0.25, -0.2) is 0 Å². The van der Waals surface area contributed by atoms with E-state index in [1.165, 1.54) is 6.08 Å². The van der Waals surface area contributed by atoms with E-state index in [9.17, 15) is 4.79 Å². The van der Waals surface area contributed by atoms with Crippen LogP contribution in [-0.2, 0) is 6.61 Å². The molecule has 0 radical (unpaired) electrons. The first-order chi connectivity index (χ1) is 9.20. The fourth-order valence-electron chi connectivity index (χ4n) is 1.62. The second kappa shape index (κ2) is 6.34. The number of hydrogen-bond acceptors (Lipinski definition) is 2. The van der Waals surface area contributed by atoms with Crippen LogP contribution in [0.3, 0.4) is 0 Å². The van der Waals surface area contributed by atoms with Crippen molar-refractivity contribution in [2.24, 2.45) is 0 Å². The molecule has 2 aromatic rings. The number of halogens is 1. The molecule has 2 aromatic carbocycles. The number of ether oxygens (including phenoxy) is 1. The highest BCUT2D eigenvalue weighted by atomic mass is 79.9. The average molecular weight is 317 g/mol. The van der Waals surface area contributed by atoms with Crippen molar-refractivity contribution in [2.75, 3.05) is 0 Å². The lowest BCUT2D eigenvalue weighted by atomic mass is 10.1. The van der Waals surface area contributed by atoms with Crippen LogP contribution in [0, 0.1) is 0 Å². The summed E-state index contributed by atoms with van der Waals surface area (Å²) >= 11 is 3.41. The summed E-state index contributed by atoms with van der Waals surface area (Å²) in [4.78, 5) is 11.5. The van der Waals surface area contributed by atoms with Crippen molar-refractivity contribution < 1.29 is 9.53 Å². The zero-order chi connectivity index (χ0) is 13.7. The summed E-state index contributed by atoms with van der Waals surface area (Å²) in [7, 11) is 0. The molecule has 0 saturated heterocycles. The van der Waals surface area contributed by atoms with Gasteiger partial charge in [-0.2, -0.15) is 0 Å². The third kappa shape index (κ3) is 3.55. The summed E-state index contributed by atoms with van der Waals surface area (Å²) in [5, 5.41) is 0. The lowest BCUT2D eigenvalue weighted by molar-refractivity contribution is 0.104. The third-order valence-corrected chi connectivity index (χ3v) is 3.26. The summed E-state index contributed by atoms with van der Waals surface area (Å²) < 4.78 is 6.47. The smallest absolute Gasteiger partial charge is 0.185 e. The van der Waals surface area contributed by atoms with Crippen LogP contribution >= 0.6 is 15.9 Å². The summed E-state index contributed by atoms with van der Waals surface area (Å²) in [6.45, 7) is 3.96. The van der Waals surface area contributed by atoms with Crippen LogP contribution in [-0.4, -0.2) is 5.78 Å². The maximum atomic E-state index is 11.5. The van der Waals surface area contributed by atoms with E-state index >= 15 is 0 Å². The van der Waals surface area contributed by atoms with Crippen LogP contribution < -0.4 is 4.74 Å². The highest BCUT2D eigenvalue weighted by molar-refractivity contribution is 9.10. The Kier molecular flexibility index (Phi) is 4.53. The van der Waals surface area contributed by atoms with E-state index in [1.54, 1.807) is 18.2 Å². The highest BCUT2D eigenvalue weighted by Crippen LogP contribution is 2.27. The summed E-state index contributed by atoms with van der Waals surface area (Å²) in [6.07, 6.45) is 1.30. The fourth-order valence-corrected chi connectivity index (χ4v) is 2.12. The van der Waals surface area contributed by atoms with Gasteiger partial charge in [0, 0.05) is 5.56 Å². The molecule has 0 aromatic heterocycles. The third-order valence-electron chi connectivity index (χ3n) is 2.64.